The van der Waals surface area contributed by atoms with Crippen LogP contribution in [0.2, 0.25) is 0 Å². The van der Waals surface area contributed by atoms with Crippen molar-refractivity contribution in [1.82, 2.24) is 10.3 Å². The molecule has 3 N–H and O–H groups in total. The molecule has 2 rings (SSSR count). The molecule has 5 nitrogen and oxygen atoms in total. The van der Waals surface area contributed by atoms with E-state index < -0.39 is 0 Å². The van der Waals surface area contributed by atoms with E-state index in [1.165, 1.54) is 0 Å². The molecule has 2 aromatic rings. The fourth-order valence-electron chi connectivity index (χ4n) is 2.20. The van der Waals surface area contributed by atoms with Gasteiger partial charge in [-0.1, -0.05) is 25.1 Å². The molecule has 142 valence electrons. The number of guanidine groups is 1. The maximum Gasteiger partial charge on any atom is 0.188 e. The van der Waals surface area contributed by atoms with Crippen molar-refractivity contribution in [1.29, 1.82) is 0 Å². The van der Waals surface area contributed by atoms with Crippen LogP contribution in [0.25, 0.3) is 0 Å². The Morgan fingerprint density at radius 3 is 2.77 bits per heavy atom. The lowest BCUT2D eigenvalue weighted by atomic mass is 10.2. The highest BCUT2D eigenvalue weighted by atomic mass is 127. The molecular weight excluding hydrogens is 459 g/mol. The number of hydrogen-bond acceptors (Lipinski definition) is 4. The summed E-state index contributed by atoms with van der Waals surface area (Å²) in [5.74, 6) is 2.79. The maximum absolute atomic E-state index is 5.93. The van der Waals surface area contributed by atoms with E-state index in [4.69, 9.17) is 10.5 Å². The summed E-state index contributed by atoms with van der Waals surface area (Å²) in [7, 11) is 1.70. The molecule has 0 bridgehead atoms. The van der Waals surface area contributed by atoms with E-state index in [1.54, 1.807) is 25.1 Å². The van der Waals surface area contributed by atoms with E-state index in [1.807, 2.05) is 36.4 Å². The number of nitrogens with one attached hydrogen (secondary N) is 1. The second kappa shape index (κ2) is 12.8. The Bertz CT molecular complexity index is 670. The molecule has 1 aromatic heterocycles. The van der Waals surface area contributed by atoms with Crippen LogP contribution < -0.4 is 15.8 Å². The van der Waals surface area contributed by atoms with Crippen LogP contribution in [0.15, 0.2) is 58.5 Å². The van der Waals surface area contributed by atoms with Gasteiger partial charge in [0.25, 0.3) is 0 Å². The number of halogens is 1. The van der Waals surface area contributed by atoms with Gasteiger partial charge in [0.2, 0.25) is 0 Å². The van der Waals surface area contributed by atoms with Gasteiger partial charge in [-0.15, -0.1) is 35.7 Å². The second-order valence-electron chi connectivity index (χ2n) is 5.79. The number of hydrogen-bond donors (Lipinski definition) is 2. The minimum absolute atomic E-state index is 0. The summed E-state index contributed by atoms with van der Waals surface area (Å²) < 4.78 is 5.37. The summed E-state index contributed by atoms with van der Waals surface area (Å²) in [5.41, 5.74) is 6.98. The molecule has 1 atom stereocenters. The summed E-state index contributed by atoms with van der Waals surface area (Å²) in [6.07, 6.45) is 2.63. The molecule has 1 aromatic carbocycles. The molecule has 0 radical (unpaired) electrons. The van der Waals surface area contributed by atoms with Gasteiger partial charge in [0.05, 0.1) is 7.11 Å². The van der Waals surface area contributed by atoms with E-state index in [-0.39, 0.29) is 24.0 Å². The summed E-state index contributed by atoms with van der Waals surface area (Å²) in [6, 6.07) is 14.0. The van der Waals surface area contributed by atoms with Crippen LogP contribution in [0.3, 0.4) is 0 Å². The van der Waals surface area contributed by atoms with Gasteiger partial charge in [-0.3, -0.25) is 9.98 Å². The van der Waals surface area contributed by atoms with Crippen molar-refractivity contribution in [2.75, 3.05) is 26.0 Å². The number of pyridine rings is 1. The zero-order valence-corrected chi connectivity index (χ0v) is 18.4. The van der Waals surface area contributed by atoms with Gasteiger partial charge in [-0.25, -0.2) is 0 Å². The van der Waals surface area contributed by atoms with Crippen molar-refractivity contribution in [3.05, 3.63) is 54.4 Å². The predicted octanol–water partition coefficient (Wildman–Crippen LogP) is 3.58. The van der Waals surface area contributed by atoms with Gasteiger partial charge in [-0.2, -0.15) is 0 Å². The number of rotatable bonds is 9. The van der Waals surface area contributed by atoms with Gasteiger partial charge in [-0.05, 0) is 30.2 Å². The highest BCUT2D eigenvalue weighted by molar-refractivity contribution is 14.0. The normalized spacial score (nSPS) is 12.2. The Balaban J connectivity index is 0.00000338. The first-order chi connectivity index (χ1) is 12.2. The number of aliphatic imine (C=N–C) groups is 1. The van der Waals surface area contributed by atoms with Crippen molar-refractivity contribution in [2.45, 2.75) is 18.2 Å². The van der Waals surface area contributed by atoms with Crippen molar-refractivity contribution in [3.8, 4) is 5.75 Å². The third-order valence-corrected chi connectivity index (χ3v) is 4.96. The Hall–Kier alpha value is -1.48. The van der Waals surface area contributed by atoms with Crippen LogP contribution in [-0.4, -0.2) is 36.9 Å². The molecule has 0 amide bonds. The Morgan fingerprint density at radius 1 is 1.27 bits per heavy atom. The smallest absolute Gasteiger partial charge is 0.188 e. The van der Waals surface area contributed by atoms with Crippen molar-refractivity contribution in [2.24, 2.45) is 16.6 Å². The van der Waals surface area contributed by atoms with E-state index in [0.29, 0.717) is 18.4 Å². The second-order valence-corrected chi connectivity index (χ2v) is 6.85. The molecule has 0 spiro atoms. The van der Waals surface area contributed by atoms with Crippen molar-refractivity contribution < 1.29 is 4.74 Å². The third-order valence-electron chi connectivity index (χ3n) is 3.58. The highest BCUT2D eigenvalue weighted by Gasteiger charge is 2.06. The van der Waals surface area contributed by atoms with Crippen LogP contribution in [0.1, 0.15) is 12.6 Å². The minimum atomic E-state index is 0. The van der Waals surface area contributed by atoms with Crippen LogP contribution >= 0.6 is 35.7 Å². The maximum atomic E-state index is 5.93. The van der Waals surface area contributed by atoms with Crippen LogP contribution in [0, 0.1) is 5.92 Å². The first-order valence-electron chi connectivity index (χ1n) is 8.38. The number of nitrogens with zero attached hydrogens (tertiary/aromatic N) is 2. The zero-order valence-electron chi connectivity index (χ0n) is 15.2. The molecule has 0 fully saturated rings. The van der Waals surface area contributed by atoms with Crippen LogP contribution in [-0.2, 0) is 6.42 Å². The Kier molecular flexibility index (Phi) is 11.1. The third kappa shape index (κ3) is 8.27. The van der Waals surface area contributed by atoms with E-state index in [9.17, 15) is 0 Å². The van der Waals surface area contributed by atoms with Crippen molar-refractivity contribution in [3.63, 3.8) is 0 Å². The van der Waals surface area contributed by atoms with E-state index in [0.717, 1.165) is 35.1 Å². The molecule has 1 unspecified atom stereocenters. The van der Waals surface area contributed by atoms with Crippen LogP contribution in [0.4, 0.5) is 0 Å². The minimum Gasteiger partial charge on any atom is -0.496 e. The molecule has 26 heavy (non-hydrogen) atoms. The number of methoxy groups -OCH3 is 1. The lowest BCUT2D eigenvalue weighted by Gasteiger charge is -2.12. The fraction of sp³-hybridized carbons (Fsp3) is 0.368. The van der Waals surface area contributed by atoms with E-state index in [2.05, 4.69) is 28.3 Å². The molecule has 0 saturated heterocycles. The highest BCUT2D eigenvalue weighted by Crippen LogP contribution is 2.29. The van der Waals surface area contributed by atoms with Gasteiger partial charge >= 0.3 is 0 Å². The average molecular weight is 486 g/mol. The fourth-order valence-corrected chi connectivity index (χ4v) is 3.24. The number of benzene rings is 1. The van der Waals surface area contributed by atoms with Gasteiger partial charge in [0.1, 0.15) is 5.75 Å². The average Bonchev–Trinajstić information content (AvgIpc) is 2.65. The number of para-hydroxylation sites is 1. The topological polar surface area (TPSA) is 72.5 Å². The molecule has 7 heteroatoms. The van der Waals surface area contributed by atoms with Crippen LogP contribution in [0.5, 0.6) is 5.75 Å². The molecular formula is C19H27IN4OS. The number of aromatic nitrogens is 1. The quantitative estimate of drug-likeness (QED) is 0.245. The predicted molar refractivity (Wildman–Crippen MR) is 121 cm³/mol. The Labute approximate surface area is 177 Å². The lowest BCUT2D eigenvalue weighted by molar-refractivity contribution is 0.405. The van der Waals surface area contributed by atoms with Crippen molar-refractivity contribution >= 4 is 41.7 Å². The first-order valence-corrected chi connectivity index (χ1v) is 9.37. The standard InChI is InChI=1S/C19H26N4OS.HI/c1-15(14-25-18-9-4-3-8-17(18)24-2)13-23-19(20)22-12-10-16-7-5-6-11-21-16;/h3-9,11,15H,10,12-14H2,1-2H3,(H3,20,22,23);1H. The first kappa shape index (κ1) is 22.6. The molecule has 1 heterocycles. The number of thioether (sulfide) groups is 1. The summed E-state index contributed by atoms with van der Waals surface area (Å²) in [4.78, 5) is 9.87. The molecule has 0 aliphatic heterocycles. The lowest BCUT2D eigenvalue weighted by Crippen LogP contribution is -2.33. The number of ether oxygens (including phenoxy) is 1. The van der Waals surface area contributed by atoms with Gasteiger partial charge in [0.15, 0.2) is 5.96 Å². The van der Waals surface area contributed by atoms with Gasteiger partial charge in [0, 0.05) is 42.0 Å². The number of nitrogens with two attached hydrogens (primary N) is 1. The largest absolute Gasteiger partial charge is 0.496 e. The summed E-state index contributed by atoms with van der Waals surface area (Å²) >= 11 is 1.78. The summed E-state index contributed by atoms with van der Waals surface area (Å²) in [6.45, 7) is 3.61. The van der Waals surface area contributed by atoms with Gasteiger partial charge < -0.3 is 15.8 Å². The molecule has 0 saturated carbocycles. The Morgan fingerprint density at radius 2 is 2.04 bits per heavy atom. The monoisotopic (exact) mass is 486 g/mol. The molecule has 0 aliphatic carbocycles. The SMILES string of the molecule is COc1ccccc1SCC(C)CN=C(N)NCCc1ccccn1.I. The van der Waals surface area contributed by atoms with E-state index >= 15 is 0 Å². The summed E-state index contributed by atoms with van der Waals surface area (Å²) in [5, 5.41) is 3.14. The molecule has 0 aliphatic rings. The zero-order chi connectivity index (χ0) is 17.9.